The molecule has 0 saturated carbocycles. The van der Waals surface area contributed by atoms with Crippen LogP contribution in [0, 0.1) is 0 Å². The summed E-state index contributed by atoms with van der Waals surface area (Å²) >= 11 is 14.2. The van der Waals surface area contributed by atoms with Crippen LogP contribution in [0.5, 0.6) is 0 Å². The van der Waals surface area contributed by atoms with Crippen molar-refractivity contribution in [3.05, 3.63) is 106 Å². The van der Waals surface area contributed by atoms with Gasteiger partial charge in [-0.15, -0.1) is 0 Å². The third kappa shape index (κ3) is 6.39. The first-order valence-electron chi connectivity index (χ1n) is 10.7. The van der Waals surface area contributed by atoms with Gasteiger partial charge in [-0.05, 0) is 47.4 Å². The zero-order valence-electron chi connectivity index (χ0n) is 18.5. The summed E-state index contributed by atoms with van der Waals surface area (Å²) in [4.78, 5) is 10.1. The number of ether oxygens (including phenoxy) is 1. The fourth-order valence-corrected chi connectivity index (χ4v) is 5.38. The molecule has 33 heavy (non-hydrogen) atoms. The standard InChI is InChI=1S/C26H25Cl2N3OS/c1-18(2)25-26(33-23-13-21(27)12-22(28)14-23)31(15-19-8-10-29-11-9-19)24(30-25)17-32-16-20-6-4-3-5-7-20/h3-14,18H,15-17H2,1-2H3. The van der Waals surface area contributed by atoms with Crippen LogP contribution in [-0.2, 0) is 24.5 Å². The summed E-state index contributed by atoms with van der Waals surface area (Å²) < 4.78 is 8.30. The molecule has 7 heteroatoms. The van der Waals surface area contributed by atoms with Gasteiger partial charge in [0.2, 0.25) is 0 Å². The van der Waals surface area contributed by atoms with Gasteiger partial charge in [-0.3, -0.25) is 4.98 Å². The Hall–Kier alpha value is -2.31. The van der Waals surface area contributed by atoms with E-state index in [1.807, 2.05) is 54.9 Å². The minimum absolute atomic E-state index is 0.244. The third-order valence-corrected chi connectivity index (χ3v) is 6.59. The maximum Gasteiger partial charge on any atom is 0.136 e. The lowest BCUT2D eigenvalue weighted by molar-refractivity contribution is 0.0991. The summed E-state index contributed by atoms with van der Waals surface area (Å²) in [6, 6.07) is 19.8. The van der Waals surface area contributed by atoms with Gasteiger partial charge in [0.25, 0.3) is 0 Å². The predicted octanol–water partition coefficient (Wildman–Crippen LogP) is 7.62. The molecule has 2 aromatic heterocycles. The minimum Gasteiger partial charge on any atom is -0.369 e. The van der Waals surface area contributed by atoms with E-state index in [1.54, 1.807) is 17.8 Å². The van der Waals surface area contributed by atoms with Crippen molar-refractivity contribution in [3.63, 3.8) is 0 Å². The molecule has 0 N–H and O–H groups in total. The minimum atomic E-state index is 0.244. The molecule has 0 atom stereocenters. The SMILES string of the molecule is CC(C)c1nc(COCc2ccccc2)n(Cc2ccncc2)c1Sc1cc(Cl)cc(Cl)c1. The van der Waals surface area contributed by atoms with Crippen LogP contribution in [0.3, 0.4) is 0 Å². The largest absolute Gasteiger partial charge is 0.369 e. The zero-order chi connectivity index (χ0) is 23.2. The molecule has 4 aromatic rings. The second kappa shape index (κ2) is 11.2. The van der Waals surface area contributed by atoms with Crippen LogP contribution in [0.15, 0.2) is 83.0 Å². The lowest BCUT2D eigenvalue weighted by Crippen LogP contribution is -2.08. The van der Waals surface area contributed by atoms with E-state index in [0.29, 0.717) is 29.8 Å². The number of pyridine rings is 1. The maximum atomic E-state index is 6.27. The summed E-state index contributed by atoms with van der Waals surface area (Å²) in [6.45, 7) is 5.93. The summed E-state index contributed by atoms with van der Waals surface area (Å²) in [5, 5.41) is 2.30. The summed E-state index contributed by atoms with van der Waals surface area (Å²) in [5.41, 5.74) is 3.31. The Bertz CT molecular complexity index is 1180. The number of imidazole rings is 1. The molecule has 0 saturated heterocycles. The normalized spacial score (nSPS) is 11.3. The van der Waals surface area contributed by atoms with Crippen LogP contribution in [-0.4, -0.2) is 14.5 Å². The third-order valence-electron chi connectivity index (χ3n) is 5.06. The summed E-state index contributed by atoms with van der Waals surface area (Å²) in [6.07, 6.45) is 3.62. The van der Waals surface area contributed by atoms with Gasteiger partial charge in [-0.25, -0.2) is 4.98 Å². The molecule has 0 unspecified atom stereocenters. The average Bonchev–Trinajstić information content (AvgIpc) is 3.12. The van der Waals surface area contributed by atoms with Crippen LogP contribution in [0.1, 0.15) is 42.4 Å². The molecule has 0 fully saturated rings. The first kappa shape index (κ1) is 23.8. The Morgan fingerprint density at radius 1 is 0.909 bits per heavy atom. The Kier molecular flexibility index (Phi) is 8.10. The predicted molar refractivity (Wildman–Crippen MR) is 135 cm³/mol. The number of benzene rings is 2. The first-order chi connectivity index (χ1) is 16.0. The molecule has 0 bridgehead atoms. The van der Waals surface area contributed by atoms with E-state index in [4.69, 9.17) is 32.9 Å². The molecule has 4 rings (SSSR count). The number of aromatic nitrogens is 3. The number of halogens is 2. The van der Waals surface area contributed by atoms with E-state index >= 15 is 0 Å². The average molecular weight is 498 g/mol. The molecule has 2 aromatic carbocycles. The molecule has 170 valence electrons. The summed E-state index contributed by atoms with van der Waals surface area (Å²) in [7, 11) is 0. The molecule has 0 aliphatic rings. The summed E-state index contributed by atoms with van der Waals surface area (Å²) in [5.74, 6) is 1.13. The second-order valence-electron chi connectivity index (χ2n) is 8.00. The number of rotatable bonds is 9. The van der Waals surface area contributed by atoms with Crippen molar-refractivity contribution in [3.8, 4) is 0 Å². The van der Waals surface area contributed by atoms with E-state index in [1.165, 1.54) is 0 Å². The van der Waals surface area contributed by atoms with Gasteiger partial charge in [-0.2, -0.15) is 0 Å². The van der Waals surface area contributed by atoms with E-state index in [0.717, 1.165) is 32.6 Å². The quantitative estimate of drug-likeness (QED) is 0.238. The Morgan fingerprint density at radius 3 is 2.27 bits per heavy atom. The topological polar surface area (TPSA) is 39.9 Å². The van der Waals surface area contributed by atoms with Gasteiger partial charge in [0.1, 0.15) is 17.5 Å². The molecule has 4 nitrogen and oxygen atoms in total. The van der Waals surface area contributed by atoms with Crippen LogP contribution in [0.2, 0.25) is 10.0 Å². The molecule has 0 aliphatic carbocycles. The van der Waals surface area contributed by atoms with Crippen molar-refractivity contribution in [2.24, 2.45) is 0 Å². The highest BCUT2D eigenvalue weighted by atomic mass is 35.5. The van der Waals surface area contributed by atoms with Crippen molar-refractivity contribution in [1.82, 2.24) is 14.5 Å². The molecule has 0 spiro atoms. The van der Waals surface area contributed by atoms with Gasteiger partial charge in [0.15, 0.2) is 0 Å². The van der Waals surface area contributed by atoms with Gasteiger partial charge < -0.3 is 9.30 Å². The van der Waals surface area contributed by atoms with Crippen molar-refractivity contribution in [2.75, 3.05) is 0 Å². The van der Waals surface area contributed by atoms with E-state index in [2.05, 4.69) is 35.5 Å². The first-order valence-corrected chi connectivity index (χ1v) is 12.3. The van der Waals surface area contributed by atoms with E-state index in [9.17, 15) is 0 Å². The van der Waals surface area contributed by atoms with Crippen LogP contribution in [0.25, 0.3) is 0 Å². The lowest BCUT2D eigenvalue weighted by atomic mass is 10.1. The molecule has 0 amide bonds. The fraction of sp³-hybridized carbons (Fsp3) is 0.231. The van der Waals surface area contributed by atoms with Gasteiger partial charge >= 0.3 is 0 Å². The molecule has 0 radical (unpaired) electrons. The Labute approximate surface area is 208 Å². The van der Waals surface area contributed by atoms with Crippen LogP contribution in [0.4, 0.5) is 0 Å². The Morgan fingerprint density at radius 2 is 1.61 bits per heavy atom. The van der Waals surface area contributed by atoms with E-state index in [-0.39, 0.29) is 5.92 Å². The smallest absolute Gasteiger partial charge is 0.136 e. The highest BCUT2D eigenvalue weighted by Crippen LogP contribution is 2.37. The number of nitrogens with zero attached hydrogens (tertiary/aromatic N) is 3. The zero-order valence-corrected chi connectivity index (χ0v) is 20.9. The molecule has 0 aliphatic heterocycles. The maximum absolute atomic E-state index is 6.27. The van der Waals surface area contributed by atoms with Gasteiger partial charge in [0.05, 0.1) is 18.8 Å². The van der Waals surface area contributed by atoms with Crippen molar-refractivity contribution >= 4 is 35.0 Å². The molecular formula is C26H25Cl2N3OS. The second-order valence-corrected chi connectivity index (χ2v) is 9.94. The van der Waals surface area contributed by atoms with Gasteiger partial charge in [0, 0.05) is 27.3 Å². The highest BCUT2D eigenvalue weighted by molar-refractivity contribution is 7.99. The van der Waals surface area contributed by atoms with Crippen molar-refractivity contribution in [1.29, 1.82) is 0 Å². The van der Waals surface area contributed by atoms with Crippen LogP contribution >= 0.6 is 35.0 Å². The van der Waals surface area contributed by atoms with Gasteiger partial charge in [-0.1, -0.05) is 79.1 Å². The fourth-order valence-electron chi connectivity index (χ4n) is 3.46. The monoisotopic (exact) mass is 497 g/mol. The highest BCUT2D eigenvalue weighted by Gasteiger charge is 2.21. The van der Waals surface area contributed by atoms with Crippen molar-refractivity contribution < 1.29 is 4.74 Å². The lowest BCUT2D eigenvalue weighted by Gasteiger charge is -2.14. The van der Waals surface area contributed by atoms with E-state index < -0.39 is 0 Å². The molecule has 2 heterocycles. The van der Waals surface area contributed by atoms with Crippen LogP contribution < -0.4 is 0 Å². The Balaban J connectivity index is 1.68. The molecular weight excluding hydrogens is 473 g/mol. The van der Waals surface area contributed by atoms with Crippen molar-refractivity contribution in [2.45, 2.75) is 49.4 Å². The number of hydrogen-bond acceptors (Lipinski definition) is 4. The number of hydrogen-bond donors (Lipinski definition) is 0.